The van der Waals surface area contributed by atoms with Crippen LogP contribution >= 0.6 is 0 Å². The van der Waals surface area contributed by atoms with Crippen molar-refractivity contribution in [2.45, 2.75) is 5.21 Å². The summed E-state index contributed by atoms with van der Waals surface area (Å²) in [7, 11) is 0. The van der Waals surface area contributed by atoms with Crippen molar-refractivity contribution in [2.24, 2.45) is 0 Å². The van der Waals surface area contributed by atoms with Gasteiger partial charge in [0.15, 0.2) is 0 Å². The molecule has 0 aromatic rings. The molecule has 0 saturated carbocycles. The van der Waals surface area contributed by atoms with E-state index in [0.717, 1.165) is 0 Å². The van der Waals surface area contributed by atoms with Gasteiger partial charge in [-0.05, 0) is 0 Å². The molecule has 5 heavy (non-hydrogen) atoms. The maximum atomic E-state index is 2.27. The van der Waals surface area contributed by atoms with E-state index in [1.807, 2.05) is 0 Å². The van der Waals surface area contributed by atoms with Gasteiger partial charge in [-0.15, -0.1) is 0 Å². The third kappa shape index (κ3) is 0.847. The third-order valence-corrected chi connectivity index (χ3v) is 2.23. The molecule has 0 nitrogen and oxygen atoms in total. The Morgan fingerprint density at radius 2 is 2.80 bits per heavy atom. The second-order valence-corrected chi connectivity index (χ2v) is 3.10. The fraction of sp³-hybridized carbons (Fsp3) is 0.333. The molecule has 0 fully saturated rings. The van der Waals surface area contributed by atoms with Crippen molar-refractivity contribution in [1.82, 2.24) is 0 Å². The van der Waals surface area contributed by atoms with E-state index in [1.165, 1.54) is 5.21 Å². The van der Waals surface area contributed by atoms with Gasteiger partial charge in [0, 0.05) is 0 Å². The minimum absolute atomic E-state index is 0.618. The first kappa shape index (κ1) is 3.55. The van der Waals surface area contributed by atoms with E-state index in [0.29, 0.717) is 15.1 Å². The molecular weight excluding hydrogens is 122 g/mol. The zero-order chi connectivity index (χ0) is 3.54. The van der Waals surface area contributed by atoms with Crippen LogP contribution in [0.4, 0.5) is 0 Å². The van der Waals surface area contributed by atoms with Crippen LogP contribution in [0.15, 0.2) is 12.1 Å². The standard InChI is InChI=1S/C3H4AsB/c1-2-4-5-3-1/h1,3H,2H2. The molecule has 0 saturated heterocycles. The molecule has 0 aliphatic carbocycles. The van der Waals surface area contributed by atoms with Crippen molar-refractivity contribution in [2.75, 3.05) is 0 Å². The minimum atomic E-state index is 0.618. The van der Waals surface area contributed by atoms with Gasteiger partial charge in [-0.3, -0.25) is 0 Å². The van der Waals surface area contributed by atoms with Crippen LogP contribution in [0.25, 0.3) is 0 Å². The van der Waals surface area contributed by atoms with Gasteiger partial charge in [-0.1, -0.05) is 0 Å². The summed E-state index contributed by atoms with van der Waals surface area (Å²) in [6.45, 7) is 0. The molecule has 0 spiro atoms. The van der Waals surface area contributed by atoms with Gasteiger partial charge in [0.25, 0.3) is 0 Å². The average molecular weight is 126 g/mol. The molecule has 1 aliphatic rings. The first-order chi connectivity index (χ1) is 2.50. The quantitative estimate of drug-likeness (QED) is 0.408. The van der Waals surface area contributed by atoms with Crippen molar-refractivity contribution in [3.05, 3.63) is 12.1 Å². The molecule has 1 heterocycles. The van der Waals surface area contributed by atoms with Gasteiger partial charge in [0.2, 0.25) is 0 Å². The molecule has 0 amide bonds. The predicted octanol–water partition coefficient (Wildman–Crippen LogP) is 0.255. The fourth-order valence-electron chi connectivity index (χ4n) is 0.304. The summed E-state index contributed by atoms with van der Waals surface area (Å²) in [4.78, 5) is 0. The molecule has 24 valence electrons. The second-order valence-electron chi connectivity index (χ2n) is 0.942. The third-order valence-electron chi connectivity index (χ3n) is 0.538. The monoisotopic (exact) mass is 126 g/mol. The van der Waals surface area contributed by atoms with Crippen LogP contribution in [0.5, 0.6) is 0 Å². The van der Waals surface area contributed by atoms with Crippen LogP contribution in [-0.2, 0) is 0 Å². The molecule has 0 N–H and O–H groups in total. The van der Waals surface area contributed by atoms with Crippen molar-refractivity contribution >= 4 is 20.7 Å². The zero-order valence-electron chi connectivity index (χ0n) is 2.89. The van der Waals surface area contributed by atoms with Gasteiger partial charge in [0.1, 0.15) is 0 Å². The average Bonchev–Trinajstić information content (AvgIpc) is 1.76. The Hall–Kier alpha value is 0.363. The first-order valence-electron chi connectivity index (χ1n) is 1.65. The van der Waals surface area contributed by atoms with E-state index in [9.17, 15) is 0 Å². The van der Waals surface area contributed by atoms with E-state index in [-0.39, 0.29) is 0 Å². The van der Waals surface area contributed by atoms with Crippen molar-refractivity contribution in [3.63, 3.8) is 0 Å². The normalized spacial score (nSPS) is 19.2. The Bertz CT molecular complexity index is 65.0. The summed E-state index contributed by atoms with van der Waals surface area (Å²) in [5, 5.41) is 1.36. The van der Waals surface area contributed by atoms with E-state index >= 15 is 0 Å². The summed E-state index contributed by atoms with van der Waals surface area (Å²) in [6, 6.07) is 0. The van der Waals surface area contributed by atoms with E-state index in [2.05, 4.69) is 17.6 Å². The van der Waals surface area contributed by atoms with Crippen LogP contribution in [0, 0.1) is 0 Å². The Labute approximate surface area is 38.5 Å². The number of hydrogen-bond acceptors (Lipinski definition) is 0. The molecule has 1 aliphatic heterocycles. The van der Waals surface area contributed by atoms with Crippen molar-refractivity contribution in [3.8, 4) is 0 Å². The van der Waals surface area contributed by atoms with Gasteiger partial charge in [-0.2, -0.15) is 0 Å². The molecule has 0 unspecified atom stereocenters. The second kappa shape index (κ2) is 1.72. The molecule has 2 heteroatoms. The first-order valence-corrected chi connectivity index (χ1v) is 4.06. The van der Waals surface area contributed by atoms with E-state index in [4.69, 9.17) is 0 Å². The Morgan fingerprint density at radius 3 is 3.00 bits per heavy atom. The summed E-state index contributed by atoms with van der Waals surface area (Å²) in [6.07, 6.45) is 2.22. The maximum absolute atomic E-state index is 2.27. The molecule has 0 aromatic heterocycles. The summed E-state index contributed by atoms with van der Waals surface area (Å²) < 4.78 is 0. The number of rotatable bonds is 0. The van der Waals surface area contributed by atoms with E-state index < -0.39 is 0 Å². The predicted molar refractivity (Wildman–Crippen MR) is 25.5 cm³/mol. The molecule has 0 radical (unpaired) electrons. The van der Waals surface area contributed by atoms with Gasteiger partial charge in [-0.25, -0.2) is 0 Å². The number of allylic oxidation sites excluding steroid dienone is 1. The molecule has 0 bridgehead atoms. The molecule has 0 aromatic carbocycles. The Kier molecular flexibility index (Phi) is 1.22. The van der Waals surface area contributed by atoms with Gasteiger partial charge in [0.05, 0.1) is 0 Å². The van der Waals surface area contributed by atoms with Gasteiger partial charge >= 0.3 is 37.9 Å². The topological polar surface area (TPSA) is 0 Å². The zero-order valence-corrected chi connectivity index (χ0v) is 4.76. The van der Waals surface area contributed by atoms with Crippen LogP contribution < -0.4 is 0 Å². The Morgan fingerprint density at radius 1 is 1.80 bits per heavy atom. The van der Waals surface area contributed by atoms with Crippen LogP contribution in [0.1, 0.15) is 0 Å². The Balaban J connectivity index is 2.61. The van der Waals surface area contributed by atoms with Crippen LogP contribution in [0.3, 0.4) is 0 Å². The van der Waals surface area contributed by atoms with Crippen molar-refractivity contribution < 1.29 is 0 Å². The SMILES string of the molecule is B1=[As]CC=C1. The molecule has 0 atom stereocenters. The molecular formula is C3H4AsB. The summed E-state index contributed by atoms with van der Waals surface area (Å²) >= 11 is 0.618. The van der Waals surface area contributed by atoms with Crippen LogP contribution in [0.2, 0.25) is 5.21 Å². The van der Waals surface area contributed by atoms with Crippen LogP contribution in [-0.4, -0.2) is 20.7 Å². The van der Waals surface area contributed by atoms with Gasteiger partial charge < -0.3 is 0 Å². The van der Waals surface area contributed by atoms with Crippen molar-refractivity contribution in [1.29, 1.82) is 0 Å². The fourth-order valence-corrected chi connectivity index (χ4v) is 1.58. The molecule has 1 rings (SSSR count). The summed E-state index contributed by atoms with van der Waals surface area (Å²) in [5.74, 6) is 2.15. The number of hydrogen-bond donors (Lipinski definition) is 0. The van der Waals surface area contributed by atoms with E-state index in [1.54, 1.807) is 0 Å². The summed E-state index contributed by atoms with van der Waals surface area (Å²) in [5.41, 5.74) is 2.27.